The molecule has 1 saturated carbocycles. The van der Waals surface area contributed by atoms with E-state index in [-0.39, 0.29) is 6.10 Å². The van der Waals surface area contributed by atoms with Gasteiger partial charge in [0.15, 0.2) is 11.5 Å². The first-order chi connectivity index (χ1) is 10.7. The van der Waals surface area contributed by atoms with E-state index < -0.39 is 11.4 Å². The third-order valence-electron chi connectivity index (χ3n) is 4.78. The molecule has 0 radical (unpaired) electrons. The first-order valence-corrected chi connectivity index (χ1v) is 8.98. The molecule has 1 aromatic rings. The van der Waals surface area contributed by atoms with Crippen LogP contribution in [0, 0.1) is 0 Å². The highest BCUT2D eigenvalue weighted by molar-refractivity contribution is 7.99. The molecular formula is C17H22O4S. The molecule has 1 saturated heterocycles. The molecule has 0 amide bonds. The molecule has 120 valence electrons. The fraction of sp³-hybridized carbons (Fsp3) is 0.588. The van der Waals surface area contributed by atoms with Gasteiger partial charge in [-0.1, -0.05) is 18.6 Å². The molecule has 0 unspecified atom stereocenters. The van der Waals surface area contributed by atoms with Crippen molar-refractivity contribution in [2.45, 2.75) is 43.6 Å². The lowest BCUT2D eigenvalue weighted by atomic mass is 9.64. The van der Waals surface area contributed by atoms with Gasteiger partial charge in [0.05, 0.1) is 12.5 Å². The smallest absolute Gasteiger partial charge is 0.314 e. The fourth-order valence-corrected chi connectivity index (χ4v) is 4.33. The third-order valence-corrected chi connectivity index (χ3v) is 5.83. The number of para-hydroxylation sites is 1. The Bertz CT molecular complexity index is 548. The molecule has 0 spiro atoms. The number of hydrogen-bond acceptors (Lipinski definition) is 4. The lowest BCUT2D eigenvalue weighted by molar-refractivity contribution is -0.147. The highest BCUT2D eigenvalue weighted by atomic mass is 32.2. The highest BCUT2D eigenvalue weighted by Gasteiger charge is 2.48. The van der Waals surface area contributed by atoms with Crippen molar-refractivity contribution in [1.82, 2.24) is 0 Å². The molecule has 1 aliphatic heterocycles. The van der Waals surface area contributed by atoms with E-state index in [1.165, 1.54) is 0 Å². The Morgan fingerprint density at radius 3 is 2.59 bits per heavy atom. The minimum Gasteiger partial charge on any atom is -0.493 e. The molecular weight excluding hydrogens is 300 g/mol. The SMILES string of the molecule is COc1cccc(C2(C(=O)O)CCC2)c1OC1CCSCC1. The number of hydrogen-bond donors (Lipinski definition) is 1. The van der Waals surface area contributed by atoms with Crippen molar-refractivity contribution >= 4 is 17.7 Å². The van der Waals surface area contributed by atoms with Crippen LogP contribution in [0.2, 0.25) is 0 Å². The van der Waals surface area contributed by atoms with Gasteiger partial charge in [-0.3, -0.25) is 4.79 Å². The summed E-state index contributed by atoms with van der Waals surface area (Å²) in [5.74, 6) is 2.72. The van der Waals surface area contributed by atoms with Crippen molar-refractivity contribution < 1.29 is 19.4 Å². The second-order valence-corrected chi connectivity index (χ2v) is 7.23. The van der Waals surface area contributed by atoms with Crippen LogP contribution in [0.5, 0.6) is 11.5 Å². The third kappa shape index (κ3) is 2.67. The molecule has 1 heterocycles. The molecule has 3 rings (SSSR count). The molecule has 0 atom stereocenters. The first kappa shape index (κ1) is 15.5. The van der Waals surface area contributed by atoms with E-state index in [2.05, 4.69) is 0 Å². The van der Waals surface area contributed by atoms with E-state index in [9.17, 15) is 9.90 Å². The van der Waals surface area contributed by atoms with E-state index >= 15 is 0 Å². The number of carbonyl (C=O) groups is 1. The summed E-state index contributed by atoms with van der Waals surface area (Å²) in [6, 6.07) is 5.61. The van der Waals surface area contributed by atoms with E-state index in [0.29, 0.717) is 24.3 Å². The van der Waals surface area contributed by atoms with Gasteiger partial charge in [-0.05, 0) is 43.3 Å². The fourth-order valence-electron chi connectivity index (χ4n) is 3.26. The summed E-state index contributed by atoms with van der Waals surface area (Å²) in [6.07, 6.45) is 4.45. The van der Waals surface area contributed by atoms with Crippen LogP contribution in [0.1, 0.15) is 37.7 Å². The molecule has 5 heteroatoms. The zero-order valence-electron chi connectivity index (χ0n) is 12.8. The van der Waals surface area contributed by atoms with E-state index in [0.717, 1.165) is 36.3 Å². The molecule has 2 fully saturated rings. The van der Waals surface area contributed by atoms with Crippen LogP contribution in [0.15, 0.2) is 18.2 Å². The van der Waals surface area contributed by atoms with Crippen molar-refractivity contribution in [2.24, 2.45) is 0 Å². The minimum atomic E-state index is -0.798. The van der Waals surface area contributed by atoms with E-state index in [1.54, 1.807) is 7.11 Å². The number of ether oxygens (including phenoxy) is 2. The monoisotopic (exact) mass is 322 g/mol. The number of rotatable bonds is 5. The molecule has 22 heavy (non-hydrogen) atoms. The Kier molecular flexibility index (Phi) is 4.52. The van der Waals surface area contributed by atoms with Crippen LogP contribution in [0.4, 0.5) is 0 Å². The van der Waals surface area contributed by atoms with Gasteiger partial charge in [0, 0.05) is 5.56 Å². The molecule has 0 aromatic heterocycles. The molecule has 1 aliphatic carbocycles. The minimum absolute atomic E-state index is 0.155. The van der Waals surface area contributed by atoms with Crippen molar-refractivity contribution in [2.75, 3.05) is 18.6 Å². The first-order valence-electron chi connectivity index (χ1n) is 7.82. The highest BCUT2D eigenvalue weighted by Crippen LogP contribution is 2.50. The summed E-state index contributed by atoms with van der Waals surface area (Å²) >= 11 is 1.94. The maximum Gasteiger partial charge on any atom is 0.314 e. The second-order valence-electron chi connectivity index (χ2n) is 6.01. The van der Waals surface area contributed by atoms with Crippen LogP contribution < -0.4 is 9.47 Å². The van der Waals surface area contributed by atoms with Gasteiger partial charge in [-0.25, -0.2) is 0 Å². The number of aliphatic carboxylic acids is 1. The molecule has 0 bridgehead atoms. The molecule has 1 aromatic carbocycles. The van der Waals surface area contributed by atoms with Crippen LogP contribution in [-0.2, 0) is 10.2 Å². The summed E-state index contributed by atoms with van der Waals surface area (Å²) < 4.78 is 11.7. The number of methoxy groups -OCH3 is 1. The second kappa shape index (κ2) is 6.41. The summed E-state index contributed by atoms with van der Waals surface area (Å²) in [5.41, 5.74) is -0.0170. The van der Waals surface area contributed by atoms with Gasteiger partial charge in [0.1, 0.15) is 6.10 Å². The zero-order chi connectivity index (χ0) is 15.6. The Hall–Kier alpha value is -1.36. The quantitative estimate of drug-likeness (QED) is 0.899. The largest absolute Gasteiger partial charge is 0.493 e. The maximum atomic E-state index is 11.8. The van der Waals surface area contributed by atoms with Crippen molar-refractivity contribution in [3.63, 3.8) is 0 Å². The summed E-state index contributed by atoms with van der Waals surface area (Å²) in [5, 5.41) is 9.73. The topological polar surface area (TPSA) is 55.8 Å². The number of benzene rings is 1. The Balaban J connectivity index is 1.97. The van der Waals surface area contributed by atoms with Gasteiger partial charge in [0.25, 0.3) is 0 Å². The van der Waals surface area contributed by atoms with Crippen LogP contribution in [0.3, 0.4) is 0 Å². The van der Waals surface area contributed by atoms with Gasteiger partial charge >= 0.3 is 5.97 Å². The van der Waals surface area contributed by atoms with E-state index in [1.807, 2.05) is 30.0 Å². The Morgan fingerprint density at radius 1 is 1.32 bits per heavy atom. The lowest BCUT2D eigenvalue weighted by Crippen LogP contribution is -2.43. The summed E-state index contributed by atoms with van der Waals surface area (Å²) in [6.45, 7) is 0. The number of carboxylic acids is 1. The molecule has 1 N–H and O–H groups in total. The molecule has 4 nitrogen and oxygen atoms in total. The number of thioether (sulfide) groups is 1. The predicted molar refractivity (Wildman–Crippen MR) is 87.1 cm³/mol. The summed E-state index contributed by atoms with van der Waals surface area (Å²) in [4.78, 5) is 11.8. The standard InChI is InChI=1S/C17H22O4S/c1-20-14-5-2-4-13(17(16(18)19)8-3-9-17)15(14)21-12-6-10-22-11-7-12/h2,4-5,12H,3,6-11H2,1H3,(H,18,19). The average molecular weight is 322 g/mol. The van der Waals surface area contributed by atoms with Crippen LogP contribution >= 0.6 is 11.8 Å². The Labute approximate surface area is 135 Å². The van der Waals surface area contributed by atoms with Gasteiger partial charge in [-0.2, -0.15) is 11.8 Å². The molecule has 2 aliphatic rings. The lowest BCUT2D eigenvalue weighted by Gasteiger charge is -2.39. The van der Waals surface area contributed by atoms with Crippen molar-refractivity contribution in [3.8, 4) is 11.5 Å². The van der Waals surface area contributed by atoms with Crippen molar-refractivity contribution in [3.05, 3.63) is 23.8 Å². The van der Waals surface area contributed by atoms with Gasteiger partial charge in [-0.15, -0.1) is 0 Å². The van der Waals surface area contributed by atoms with Crippen LogP contribution in [0.25, 0.3) is 0 Å². The summed E-state index contributed by atoms with van der Waals surface area (Å²) in [7, 11) is 1.61. The maximum absolute atomic E-state index is 11.8. The normalized spacial score (nSPS) is 21.0. The predicted octanol–water partition coefficient (Wildman–Crippen LogP) is 3.48. The van der Waals surface area contributed by atoms with Crippen LogP contribution in [-0.4, -0.2) is 35.8 Å². The van der Waals surface area contributed by atoms with Crippen molar-refractivity contribution in [1.29, 1.82) is 0 Å². The Morgan fingerprint density at radius 2 is 2.05 bits per heavy atom. The average Bonchev–Trinajstić information content (AvgIpc) is 2.48. The van der Waals surface area contributed by atoms with Gasteiger partial charge in [0.2, 0.25) is 0 Å². The van der Waals surface area contributed by atoms with Gasteiger partial charge < -0.3 is 14.6 Å². The zero-order valence-corrected chi connectivity index (χ0v) is 13.7. The van der Waals surface area contributed by atoms with E-state index in [4.69, 9.17) is 9.47 Å². The number of carboxylic acid groups (broad SMARTS) is 1.